The van der Waals surface area contributed by atoms with E-state index in [-0.39, 0.29) is 0 Å². The molecular formula is C12H11N5. The van der Waals surface area contributed by atoms with Crippen molar-refractivity contribution in [2.24, 2.45) is 0 Å². The average molecular weight is 225 g/mol. The maximum absolute atomic E-state index is 8.59. The van der Waals surface area contributed by atoms with Crippen LogP contribution in [0.3, 0.4) is 0 Å². The topological polar surface area (TPSA) is 74.5 Å². The molecule has 0 aliphatic rings. The van der Waals surface area contributed by atoms with Crippen LogP contribution in [0, 0.1) is 18.3 Å². The van der Waals surface area contributed by atoms with E-state index in [1.165, 1.54) is 6.20 Å². The predicted octanol–water partition coefficient (Wildman–Crippen LogP) is 1.66. The van der Waals surface area contributed by atoms with Gasteiger partial charge in [0.15, 0.2) is 5.69 Å². The molecule has 2 rings (SSSR count). The van der Waals surface area contributed by atoms with Gasteiger partial charge in [0, 0.05) is 18.9 Å². The number of anilines is 1. The molecule has 0 fully saturated rings. The van der Waals surface area contributed by atoms with Crippen molar-refractivity contribution < 1.29 is 0 Å². The summed E-state index contributed by atoms with van der Waals surface area (Å²) in [5.41, 5.74) is 2.60. The van der Waals surface area contributed by atoms with E-state index in [9.17, 15) is 0 Å². The van der Waals surface area contributed by atoms with Crippen LogP contribution >= 0.6 is 0 Å². The van der Waals surface area contributed by atoms with Crippen molar-refractivity contribution in [3.8, 4) is 6.07 Å². The van der Waals surface area contributed by atoms with Crippen LogP contribution in [-0.4, -0.2) is 15.0 Å². The van der Waals surface area contributed by atoms with Gasteiger partial charge >= 0.3 is 0 Å². The standard InChI is InChI=1S/C12H11N5/c1-9-5-14-3-2-10(9)6-16-12-8-15-11(4-13)7-17-12/h2-3,5,7-8H,6H2,1H3,(H,16,17). The third-order valence-electron chi connectivity index (χ3n) is 2.36. The van der Waals surface area contributed by atoms with E-state index in [0.29, 0.717) is 18.1 Å². The minimum Gasteiger partial charge on any atom is -0.365 e. The van der Waals surface area contributed by atoms with Gasteiger partial charge in [-0.05, 0) is 24.1 Å². The summed E-state index contributed by atoms with van der Waals surface area (Å²) in [7, 11) is 0. The fraction of sp³-hybridized carbons (Fsp3) is 0.167. The van der Waals surface area contributed by atoms with E-state index >= 15 is 0 Å². The minimum absolute atomic E-state index is 0.315. The first-order valence-electron chi connectivity index (χ1n) is 5.15. The number of aromatic nitrogens is 3. The zero-order chi connectivity index (χ0) is 12.1. The monoisotopic (exact) mass is 225 g/mol. The van der Waals surface area contributed by atoms with E-state index in [2.05, 4.69) is 20.3 Å². The number of rotatable bonds is 3. The molecule has 0 bridgehead atoms. The smallest absolute Gasteiger partial charge is 0.158 e. The molecule has 2 aromatic rings. The Morgan fingerprint density at radius 3 is 2.82 bits per heavy atom. The Labute approximate surface area is 99.2 Å². The van der Waals surface area contributed by atoms with Crippen molar-refractivity contribution in [2.75, 3.05) is 5.32 Å². The van der Waals surface area contributed by atoms with Crippen LogP contribution in [0.5, 0.6) is 0 Å². The first-order chi connectivity index (χ1) is 8.29. The van der Waals surface area contributed by atoms with Gasteiger partial charge in [-0.1, -0.05) is 0 Å². The zero-order valence-electron chi connectivity index (χ0n) is 9.38. The van der Waals surface area contributed by atoms with Gasteiger partial charge in [-0.2, -0.15) is 5.26 Å². The van der Waals surface area contributed by atoms with Gasteiger partial charge in [-0.15, -0.1) is 0 Å². The van der Waals surface area contributed by atoms with Gasteiger partial charge in [0.25, 0.3) is 0 Å². The van der Waals surface area contributed by atoms with E-state index in [1.54, 1.807) is 12.4 Å². The Balaban J connectivity index is 2.03. The van der Waals surface area contributed by atoms with Gasteiger partial charge in [-0.3, -0.25) is 4.98 Å². The van der Waals surface area contributed by atoms with Gasteiger partial charge in [-0.25, -0.2) is 9.97 Å². The maximum atomic E-state index is 8.59. The van der Waals surface area contributed by atoms with Crippen molar-refractivity contribution in [3.63, 3.8) is 0 Å². The van der Waals surface area contributed by atoms with Crippen LogP contribution in [-0.2, 0) is 6.54 Å². The van der Waals surface area contributed by atoms with Gasteiger partial charge < -0.3 is 5.32 Å². The minimum atomic E-state index is 0.315. The van der Waals surface area contributed by atoms with Crippen molar-refractivity contribution in [1.29, 1.82) is 5.26 Å². The molecule has 2 aromatic heterocycles. The van der Waals surface area contributed by atoms with Gasteiger partial charge in [0.05, 0.1) is 12.4 Å². The second-order valence-electron chi connectivity index (χ2n) is 3.55. The highest BCUT2D eigenvalue weighted by Gasteiger charge is 1.99. The first kappa shape index (κ1) is 11.0. The molecule has 0 unspecified atom stereocenters. The summed E-state index contributed by atoms with van der Waals surface area (Å²) in [6, 6.07) is 3.89. The number of nitriles is 1. The summed E-state index contributed by atoms with van der Waals surface area (Å²) in [5, 5.41) is 11.7. The van der Waals surface area contributed by atoms with Crippen LogP contribution < -0.4 is 5.32 Å². The number of hydrogen-bond acceptors (Lipinski definition) is 5. The lowest BCUT2D eigenvalue weighted by atomic mass is 10.1. The van der Waals surface area contributed by atoms with E-state index in [4.69, 9.17) is 5.26 Å². The molecular weight excluding hydrogens is 214 g/mol. The molecule has 0 radical (unpaired) electrons. The molecule has 0 aliphatic carbocycles. The number of pyridine rings is 1. The van der Waals surface area contributed by atoms with Crippen LogP contribution in [0.15, 0.2) is 30.9 Å². The Morgan fingerprint density at radius 1 is 1.29 bits per heavy atom. The first-order valence-corrected chi connectivity index (χ1v) is 5.15. The summed E-state index contributed by atoms with van der Waals surface area (Å²) < 4.78 is 0. The molecule has 5 heteroatoms. The Hall–Kier alpha value is -2.48. The number of nitrogens with zero attached hydrogens (tertiary/aromatic N) is 4. The second-order valence-corrected chi connectivity index (χ2v) is 3.55. The molecule has 17 heavy (non-hydrogen) atoms. The molecule has 2 heterocycles. The third-order valence-corrected chi connectivity index (χ3v) is 2.36. The highest BCUT2D eigenvalue weighted by Crippen LogP contribution is 2.08. The second kappa shape index (κ2) is 5.03. The number of hydrogen-bond donors (Lipinski definition) is 1. The Kier molecular flexibility index (Phi) is 3.26. The SMILES string of the molecule is Cc1cnccc1CNc1cnc(C#N)cn1. The lowest BCUT2D eigenvalue weighted by Gasteiger charge is -2.07. The molecule has 0 spiro atoms. The zero-order valence-corrected chi connectivity index (χ0v) is 9.38. The fourth-order valence-electron chi connectivity index (χ4n) is 1.36. The van der Waals surface area contributed by atoms with E-state index < -0.39 is 0 Å². The number of aryl methyl sites for hydroxylation is 1. The molecule has 0 aliphatic heterocycles. The molecule has 0 aromatic carbocycles. The summed E-state index contributed by atoms with van der Waals surface area (Å²) in [5.74, 6) is 0.653. The van der Waals surface area contributed by atoms with Crippen LogP contribution in [0.25, 0.3) is 0 Å². The van der Waals surface area contributed by atoms with E-state index in [0.717, 1.165) is 11.1 Å². The molecule has 0 amide bonds. The van der Waals surface area contributed by atoms with Crippen molar-refractivity contribution in [1.82, 2.24) is 15.0 Å². The van der Waals surface area contributed by atoms with Crippen LogP contribution in [0.1, 0.15) is 16.8 Å². The van der Waals surface area contributed by atoms with E-state index in [1.807, 2.05) is 25.3 Å². The largest absolute Gasteiger partial charge is 0.365 e. The van der Waals surface area contributed by atoms with Gasteiger partial charge in [0.2, 0.25) is 0 Å². The summed E-state index contributed by atoms with van der Waals surface area (Å²) in [6.07, 6.45) is 6.58. The molecule has 0 saturated heterocycles. The summed E-state index contributed by atoms with van der Waals surface area (Å²) in [6.45, 7) is 2.67. The molecule has 1 N–H and O–H groups in total. The lowest BCUT2D eigenvalue weighted by molar-refractivity contribution is 1.05. The fourth-order valence-corrected chi connectivity index (χ4v) is 1.36. The summed E-state index contributed by atoms with van der Waals surface area (Å²) >= 11 is 0. The predicted molar refractivity (Wildman–Crippen MR) is 63.0 cm³/mol. The number of nitrogens with one attached hydrogen (secondary N) is 1. The quantitative estimate of drug-likeness (QED) is 0.859. The van der Waals surface area contributed by atoms with Gasteiger partial charge in [0.1, 0.15) is 11.9 Å². The molecule has 0 atom stereocenters. The summed E-state index contributed by atoms with van der Waals surface area (Å²) in [4.78, 5) is 12.0. The average Bonchev–Trinajstić information content (AvgIpc) is 2.38. The van der Waals surface area contributed by atoms with Crippen molar-refractivity contribution in [3.05, 3.63) is 47.7 Å². The Morgan fingerprint density at radius 2 is 2.18 bits per heavy atom. The lowest BCUT2D eigenvalue weighted by Crippen LogP contribution is -2.03. The highest BCUT2D eigenvalue weighted by atomic mass is 15.0. The Bertz CT molecular complexity index is 542. The maximum Gasteiger partial charge on any atom is 0.158 e. The highest BCUT2D eigenvalue weighted by molar-refractivity contribution is 5.35. The molecule has 5 nitrogen and oxygen atoms in total. The normalized spacial score (nSPS) is 9.65. The van der Waals surface area contributed by atoms with Crippen LogP contribution in [0.2, 0.25) is 0 Å². The molecule has 0 saturated carbocycles. The van der Waals surface area contributed by atoms with Crippen LogP contribution in [0.4, 0.5) is 5.82 Å². The van der Waals surface area contributed by atoms with Crippen molar-refractivity contribution >= 4 is 5.82 Å². The third kappa shape index (κ3) is 2.75. The van der Waals surface area contributed by atoms with Crippen molar-refractivity contribution in [2.45, 2.75) is 13.5 Å². The molecule has 84 valence electrons.